The fourth-order valence-electron chi connectivity index (χ4n) is 2.48. The molecular weight excluding hydrogens is 312 g/mol. The molecular formula is C17H17ClN4O. The Morgan fingerprint density at radius 2 is 1.87 bits per heavy atom. The normalized spacial score (nSPS) is 12.1. The number of hydrogen-bond donors (Lipinski definition) is 1. The molecule has 0 bridgehead atoms. The molecule has 1 amide bonds. The zero-order chi connectivity index (χ0) is 16.4. The first-order valence-corrected chi connectivity index (χ1v) is 7.65. The maximum absolute atomic E-state index is 12.6. The van der Waals surface area contributed by atoms with Gasteiger partial charge in [0.15, 0.2) is 0 Å². The van der Waals surface area contributed by atoms with Crippen molar-refractivity contribution in [2.45, 2.75) is 13.0 Å². The number of nitrogens with zero attached hydrogens (tertiary/aromatic N) is 3. The molecule has 1 N–H and O–H groups in total. The molecule has 2 aromatic heterocycles. The monoisotopic (exact) mass is 328 g/mol. The molecule has 0 saturated carbocycles. The molecule has 3 rings (SSSR count). The predicted octanol–water partition coefficient (Wildman–Crippen LogP) is 3.36. The van der Waals surface area contributed by atoms with Crippen molar-refractivity contribution in [1.29, 1.82) is 0 Å². The van der Waals surface area contributed by atoms with Crippen LogP contribution < -0.4 is 5.32 Å². The summed E-state index contributed by atoms with van der Waals surface area (Å²) < 4.78 is 3.55. The van der Waals surface area contributed by atoms with E-state index in [9.17, 15) is 4.79 Å². The average Bonchev–Trinajstić information content (AvgIpc) is 3.16. The van der Waals surface area contributed by atoms with E-state index >= 15 is 0 Å². The summed E-state index contributed by atoms with van der Waals surface area (Å²) in [6, 6.07) is 11.1. The molecule has 23 heavy (non-hydrogen) atoms. The van der Waals surface area contributed by atoms with E-state index in [0.29, 0.717) is 10.6 Å². The van der Waals surface area contributed by atoms with E-state index in [-0.39, 0.29) is 11.9 Å². The maximum Gasteiger partial charge on any atom is 0.257 e. The van der Waals surface area contributed by atoms with Crippen molar-refractivity contribution in [3.63, 3.8) is 0 Å². The Kier molecular flexibility index (Phi) is 4.21. The van der Waals surface area contributed by atoms with Crippen molar-refractivity contribution >= 4 is 17.5 Å². The Hall–Kier alpha value is -2.53. The first kappa shape index (κ1) is 15.4. The highest BCUT2D eigenvalue weighted by atomic mass is 35.5. The second-order valence-electron chi connectivity index (χ2n) is 5.34. The number of benzene rings is 1. The zero-order valence-electron chi connectivity index (χ0n) is 12.9. The quantitative estimate of drug-likeness (QED) is 0.798. The fraction of sp³-hybridized carbons (Fsp3) is 0.176. The lowest BCUT2D eigenvalue weighted by atomic mass is 10.1. The van der Waals surface area contributed by atoms with Crippen molar-refractivity contribution in [1.82, 2.24) is 19.7 Å². The van der Waals surface area contributed by atoms with Crippen LogP contribution in [0.3, 0.4) is 0 Å². The van der Waals surface area contributed by atoms with Crippen LogP contribution >= 0.6 is 11.6 Å². The van der Waals surface area contributed by atoms with Gasteiger partial charge in [-0.2, -0.15) is 5.10 Å². The molecule has 3 aromatic rings. The van der Waals surface area contributed by atoms with E-state index in [1.54, 1.807) is 10.9 Å². The number of amides is 1. The Labute approximate surface area is 139 Å². The summed E-state index contributed by atoms with van der Waals surface area (Å²) in [5.74, 6) is 0.569. The molecule has 6 heteroatoms. The maximum atomic E-state index is 12.6. The van der Waals surface area contributed by atoms with Crippen LogP contribution in [0, 0.1) is 0 Å². The summed E-state index contributed by atoms with van der Waals surface area (Å²) in [6.07, 6.45) is 5.35. The smallest absolute Gasteiger partial charge is 0.257 e. The molecule has 2 heterocycles. The second-order valence-corrected chi connectivity index (χ2v) is 5.78. The number of nitrogens with one attached hydrogen (secondary N) is 1. The lowest BCUT2D eigenvalue weighted by Crippen LogP contribution is -2.27. The standard InChI is InChI=1S/C17H17ClN4O/c1-12(13-5-7-14(18)8-6-13)20-16(23)15-11-19-21(2)17(15)22-9-3-4-10-22/h3-12H,1-2H3,(H,20,23). The molecule has 0 aliphatic rings. The van der Waals surface area contributed by atoms with Gasteiger partial charge >= 0.3 is 0 Å². The van der Waals surface area contributed by atoms with Crippen molar-refractivity contribution < 1.29 is 4.79 Å². The topological polar surface area (TPSA) is 51.9 Å². The van der Waals surface area contributed by atoms with Gasteiger partial charge in [-0.3, -0.25) is 9.48 Å². The van der Waals surface area contributed by atoms with Gasteiger partial charge in [0.05, 0.1) is 12.2 Å². The molecule has 5 nitrogen and oxygen atoms in total. The van der Waals surface area contributed by atoms with Crippen molar-refractivity contribution in [2.24, 2.45) is 7.05 Å². The third kappa shape index (κ3) is 3.14. The van der Waals surface area contributed by atoms with Crippen LogP contribution in [0.1, 0.15) is 28.9 Å². The average molecular weight is 329 g/mol. The van der Waals surface area contributed by atoms with Gasteiger partial charge in [-0.05, 0) is 36.8 Å². The van der Waals surface area contributed by atoms with E-state index < -0.39 is 0 Å². The van der Waals surface area contributed by atoms with Gasteiger partial charge in [-0.25, -0.2) is 0 Å². The molecule has 0 aliphatic carbocycles. The molecule has 1 unspecified atom stereocenters. The number of carbonyl (C=O) groups excluding carboxylic acids is 1. The summed E-state index contributed by atoms with van der Waals surface area (Å²) in [5, 5.41) is 7.88. The minimum absolute atomic E-state index is 0.127. The molecule has 1 aromatic carbocycles. The summed E-state index contributed by atoms with van der Waals surface area (Å²) in [4.78, 5) is 12.6. The van der Waals surface area contributed by atoms with Crippen molar-refractivity contribution in [3.05, 3.63) is 71.1 Å². The van der Waals surface area contributed by atoms with Crippen molar-refractivity contribution in [2.75, 3.05) is 0 Å². The zero-order valence-corrected chi connectivity index (χ0v) is 13.7. The van der Waals surface area contributed by atoms with E-state index in [0.717, 1.165) is 11.4 Å². The van der Waals surface area contributed by atoms with Gasteiger partial charge < -0.3 is 9.88 Å². The number of aromatic nitrogens is 3. The number of rotatable bonds is 4. The largest absolute Gasteiger partial charge is 0.345 e. The summed E-state index contributed by atoms with van der Waals surface area (Å²) in [7, 11) is 1.81. The van der Waals surface area contributed by atoms with Gasteiger partial charge in [0.2, 0.25) is 0 Å². The molecule has 1 atom stereocenters. The third-order valence-corrected chi connectivity index (χ3v) is 3.97. The van der Waals surface area contributed by atoms with Gasteiger partial charge in [-0.15, -0.1) is 0 Å². The SMILES string of the molecule is CC(NC(=O)c1cnn(C)c1-n1cccc1)c1ccc(Cl)cc1. The van der Waals surface area contributed by atoms with E-state index in [2.05, 4.69) is 10.4 Å². The molecule has 118 valence electrons. The van der Waals surface area contributed by atoms with Crippen LogP contribution in [0.4, 0.5) is 0 Å². The number of halogens is 1. The van der Waals surface area contributed by atoms with E-state index in [1.807, 2.05) is 67.3 Å². The van der Waals surface area contributed by atoms with Crippen LogP contribution in [0.5, 0.6) is 0 Å². The molecule has 0 spiro atoms. The Bertz CT molecular complexity index is 806. The third-order valence-electron chi connectivity index (χ3n) is 3.72. The van der Waals surface area contributed by atoms with Crippen LogP contribution in [-0.4, -0.2) is 20.3 Å². The lowest BCUT2D eigenvalue weighted by molar-refractivity contribution is 0.0940. The highest BCUT2D eigenvalue weighted by Crippen LogP contribution is 2.18. The Morgan fingerprint density at radius 1 is 1.22 bits per heavy atom. The first-order chi connectivity index (χ1) is 11.1. The predicted molar refractivity (Wildman–Crippen MR) is 89.9 cm³/mol. The highest BCUT2D eigenvalue weighted by molar-refractivity contribution is 6.30. The molecule has 0 aliphatic heterocycles. The van der Waals surface area contributed by atoms with Crippen LogP contribution in [-0.2, 0) is 7.05 Å². The van der Waals surface area contributed by atoms with Crippen molar-refractivity contribution in [3.8, 4) is 5.82 Å². The van der Waals surface area contributed by atoms with E-state index in [1.165, 1.54) is 0 Å². The first-order valence-electron chi connectivity index (χ1n) is 7.28. The number of aryl methyl sites for hydroxylation is 1. The van der Waals surface area contributed by atoms with Crippen LogP contribution in [0.2, 0.25) is 5.02 Å². The minimum atomic E-state index is -0.163. The Balaban J connectivity index is 1.83. The second kappa shape index (κ2) is 6.30. The van der Waals surface area contributed by atoms with Gasteiger partial charge in [0.1, 0.15) is 11.4 Å². The Morgan fingerprint density at radius 3 is 2.52 bits per heavy atom. The van der Waals surface area contributed by atoms with Crippen LogP contribution in [0.15, 0.2) is 55.0 Å². The van der Waals surface area contributed by atoms with Gasteiger partial charge in [-0.1, -0.05) is 23.7 Å². The minimum Gasteiger partial charge on any atom is -0.345 e. The van der Waals surface area contributed by atoms with Gasteiger partial charge in [0, 0.05) is 24.5 Å². The molecule has 0 radical (unpaired) electrons. The number of hydrogen-bond acceptors (Lipinski definition) is 2. The highest BCUT2D eigenvalue weighted by Gasteiger charge is 2.19. The summed E-state index contributed by atoms with van der Waals surface area (Å²) in [6.45, 7) is 1.94. The van der Waals surface area contributed by atoms with E-state index in [4.69, 9.17) is 11.6 Å². The summed E-state index contributed by atoms with van der Waals surface area (Å²) in [5.41, 5.74) is 1.53. The lowest BCUT2D eigenvalue weighted by Gasteiger charge is -2.15. The molecule has 0 saturated heterocycles. The summed E-state index contributed by atoms with van der Waals surface area (Å²) >= 11 is 5.90. The number of carbonyl (C=O) groups is 1. The fourth-order valence-corrected chi connectivity index (χ4v) is 2.61. The van der Waals surface area contributed by atoms with Gasteiger partial charge in [0.25, 0.3) is 5.91 Å². The van der Waals surface area contributed by atoms with Crippen LogP contribution in [0.25, 0.3) is 5.82 Å². The molecule has 0 fully saturated rings.